The molecule has 3 N–H and O–H groups in total. The van der Waals surface area contributed by atoms with Gasteiger partial charge in [-0.05, 0) is 6.92 Å². The number of carbonyl (C=O) groups is 1. The minimum Gasteiger partial charge on any atom is -0.432 e. The molecule has 0 saturated carbocycles. The summed E-state index contributed by atoms with van der Waals surface area (Å²) < 4.78 is 5.21. The second-order valence-electron chi connectivity index (χ2n) is 3.67. The van der Waals surface area contributed by atoms with Gasteiger partial charge in [-0.1, -0.05) is 30.3 Å². The molecule has 0 aliphatic carbocycles. The van der Waals surface area contributed by atoms with E-state index in [9.17, 15) is 4.79 Å². The number of anilines is 1. The van der Waals surface area contributed by atoms with Crippen LogP contribution in [0.25, 0.3) is 11.3 Å². The second kappa shape index (κ2) is 4.69. The third-order valence-corrected chi connectivity index (χ3v) is 2.34. The molecular formula is C12H13N3O2. The van der Waals surface area contributed by atoms with Gasteiger partial charge < -0.3 is 15.5 Å². The summed E-state index contributed by atoms with van der Waals surface area (Å²) in [6.07, 6.45) is 1.53. The van der Waals surface area contributed by atoms with Gasteiger partial charge in [0, 0.05) is 5.56 Å². The fraction of sp³-hybridized carbons (Fsp3) is 0.167. The standard InChI is InChI=1S/C12H13N3O2/c1-8(11(13)16)14-12-15-10(7-17-12)9-5-3-2-4-6-9/h2-8H,1H3,(H2,13,16)(H,14,15). The maximum Gasteiger partial charge on any atom is 0.295 e. The van der Waals surface area contributed by atoms with Crippen molar-refractivity contribution in [2.24, 2.45) is 5.73 Å². The predicted molar refractivity (Wildman–Crippen MR) is 64.2 cm³/mol. The third-order valence-electron chi connectivity index (χ3n) is 2.34. The molecule has 5 nitrogen and oxygen atoms in total. The van der Waals surface area contributed by atoms with Crippen LogP contribution in [0.15, 0.2) is 41.0 Å². The number of nitrogens with two attached hydrogens (primary N) is 1. The van der Waals surface area contributed by atoms with Gasteiger partial charge in [0.05, 0.1) is 0 Å². The largest absolute Gasteiger partial charge is 0.432 e. The Morgan fingerprint density at radius 1 is 1.41 bits per heavy atom. The lowest BCUT2D eigenvalue weighted by atomic mass is 10.2. The molecule has 1 unspecified atom stereocenters. The number of amides is 1. The average Bonchev–Trinajstić information content (AvgIpc) is 2.78. The van der Waals surface area contributed by atoms with E-state index < -0.39 is 11.9 Å². The Labute approximate surface area is 98.6 Å². The number of nitrogens with zero attached hydrogens (tertiary/aromatic N) is 1. The lowest BCUT2D eigenvalue weighted by Crippen LogP contribution is -2.32. The smallest absolute Gasteiger partial charge is 0.295 e. The highest BCUT2D eigenvalue weighted by molar-refractivity contribution is 5.81. The van der Waals surface area contributed by atoms with Crippen molar-refractivity contribution in [2.75, 3.05) is 5.32 Å². The maximum absolute atomic E-state index is 10.9. The molecule has 0 fully saturated rings. The molecule has 1 aromatic carbocycles. The van der Waals surface area contributed by atoms with Gasteiger partial charge in [-0.3, -0.25) is 4.79 Å². The van der Waals surface area contributed by atoms with E-state index in [2.05, 4.69) is 10.3 Å². The van der Waals surface area contributed by atoms with Crippen molar-refractivity contribution in [2.45, 2.75) is 13.0 Å². The minimum absolute atomic E-state index is 0.287. The molecule has 1 aromatic heterocycles. The van der Waals surface area contributed by atoms with Crippen LogP contribution in [0.1, 0.15) is 6.92 Å². The molecule has 0 radical (unpaired) electrons. The van der Waals surface area contributed by atoms with Crippen molar-refractivity contribution < 1.29 is 9.21 Å². The van der Waals surface area contributed by atoms with E-state index in [1.165, 1.54) is 6.26 Å². The van der Waals surface area contributed by atoms with Crippen molar-refractivity contribution in [1.29, 1.82) is 0 Å². The SMILES string of the molecule is CC(Nc1nc(-c2ccccc2)co1)C(N)=O. The van der Waals surface area contributed by atoms with Gasteiger partial charge in [-0.25, -0.2) is 0 Å². The van der Waals surface area contributed by atoms with E-state index in [1.807, 2.05) is 30.3 Å². The zero-order chi connectivity index (χ0) is 12.3. The molecule has 2 aromatic rings. The van der Waals surface area contributed by atoms with Gasteiger partial charge >= 0.3 is 0 Å². The Kier molecular flexibility index (Phi) is 3.09. The van der Waals surface area contributed by atoms with Gasteiger partial charge in [-0.15, -0.1) is 0 Å². The van der Waals surface area contributed by atoms with Gasteiger partial charge in [0.15, 0.2) is 0 Å². The van der Waals surface area contributed by atoms with Crippen LogP contribution in [0.4, 0.5) is 6.01 Å². The number of carbonyl (C=O) groups excluding carboxylic acids is 1. The number of hydrogen-bond acceptors (Lipinski definition) is 4. The van der Waals surface area contributed by atoms with Crippen LogP contribution in [-0.2, 0) is 4.79 Å². The number of rotatable bonds is 4. The monoisotopic (exact) mass is 231 g/mol. The lowest BCUT2D eigenvalue weighted by Gasteiger charge is -2.06. The van der Waals surface area contributed by atoms with Gasteiger partial charge in [0.1, 0.15) is 18.0 Å². The van der Waals surface area contributed by atoms with E-state index in [1.54, 1.807) is 6.92 Å². The number of hydrogen-bond donors (Lipinski definition) is 2. The van der Waals surface area contributed by atoms with E-state index in [0.29, 0.717) is 5.69 Å². The quantitative estimate of drug-likeness (QED) is 0.837. The highest BCUT2D eigenvalue weighted by atomic mass is 16.4. The minimum atomic E-state index is -0.516. The Balaban J connectivity index is 2.14. The first kappa shape index (κ1) is 11.2. The predicted octanol–water partition coefficient (Wildman–Crippen LogP) is 1.63. The molecule has 0 saturated heterocycles. The summed E-state index contributed by atoms with van der Waals surface area (Å²) >= 11 is 0. The molecule has 88 valence electrons. The molecular weight excluding hydrogens is 218 g/mol. The molecule has 1 atom stereocenters. The Bertz CT molecular complexity index is 507. The lowest BCUT2D eigenvalue weighted by molar-refractivity contribution is -0.118. The summed E-state index contributed by atoms with van der Waals surface area (Å²) in [4.78, 5) is 15.1. The highest BCUT2D eigenvalue weighted by Gasteiger charge is 2.12. The summed E-state index contributed by atoms with van der Waals surface area (Å²) in [6, 6.07) is 9.40. The summed E-state index contributed by atoms with van der Waals surface area (Å²) in [7, 11) is 0. The molecule has 0 aliphatic heterocycles. The van der Waals surface area contributed by atoms with Crippen LogP contribution in [0.3, 0.4) is 0 Å². The number of primary amides is 1. The summed E-state index contributed by atoms with van der Waals surface area (Å²) in [5.41, 5.74) is 6.80. The van der Waals surface area contributed by atoms with Crippen LogP contribution in [0.5, 0.6) is 0 Å². The van der Waals surface area contributed by atoms with Crippen LogP contribution in [0.2, 0.25) is 0 Å². The molecule has 0 aliphatic rings. The second-order valence-corrected chi connectivity index (χ2v) is 3.67. The highest BCUT2D eigenvalue weighted by Crippen LogP contribution is 2.20. The number of oxazole rings is 1. The van der Waals surface area contributed by atoms with Gasteiger partial charge in [0.2, 0.25) is 5.91 Å². The van der Waals surface area contributed by atoms with Crippen molar-refractivity contribution in [3.05, 3.63) is 36.6 Å². The maximum atomic E-state index is 10.9. The molecule has 17 heavy (non-hydrogen) atoms. The van der Waals surface area contributed by atoms with Gasteiger partial charge in [0.25, 0.3) is 6.01 Å². The fourth-order valence-corrected chi connectivity index (χ4v) is 1.34. The van der Waals surface area contributed by atoms with E-state index in [4.69, 9.17) is 10.2 Å². The fourth-order valence-electron chi connectivity index (χ4n) is 1.34. The van der Waals surface area contributed by atoms with E-state index in [0.717, 1.165) is 5.56 Å². The molecule has 0 bridgehead atoms. The summed E-state index contributed by atoms with van der Waals surface area (Å²) in [5, 5.41) is 2.78. The van der Waals surface area contributed by atoms with E-state index >= 15 is 0 Å². The first-order chi connectivity index (χ1) is 8.16. The van der Waals surface area contributed by atoms with Crippen LogP contribution in [-0.4, -0.2) is 16.9 Å². The van der Waals surface area contributed by atoms with Crippen LogP contribution >= 0.6 is 0 Å². The number of aromatic nitrogens is 1. The van der Waals surface area contributed by atoms with Gasteiger partial charge in [-0.2, -0.15) is 4.98 Å². The average molecular weight is 231 g/mol. The normalized spacial score (nSPS) is 12.1. The Hall–Kier alpha value is -2.30. The molecule has 1 heterocycles. The molecule has 5 heteroatoms. The molecule has 1 amide bonds. The van der Waals surface area contributed by atoms with Crippen molar-refractivity contribution in [1.82, 2.24) is 4.98 Å². The zero-order valence-corrected chi connectivity index (χ0v) is 9.38. The third kappa shape index (κ3) is 2.63. The summed E-state index contributed by atoms with van der Waals surface area (Å²) in [5.74, 6) is -0.454. The zero-order valence-electron chi connectivity index (χ0n) is 9.38. The first-order valence-electron chi connectivity index (χ1n) is 5.23. The number of nitrogens with one attached hydrogen (secondary N) is 1. The van der Waals surface area contributed by atoms with Crippen molar-refractivity contribution in [3.63, 3.8) is 0 Å². The first-order valence-corrected chi connectivity index (χ1v) is 5.23. The number of benzene rings is 1. The van der Waals surface area contributed by atoms with E-state index in [-0.39, 0.29) is 6.01 Å². The van der Waals surface area contributed by atoms with Crippen molar-refractivity contribution in [3.8, 4) is 11.3 Å². The Morgan fingerprint density at radius 3 is 2.76 bits per heavy atom. The van der Waals surface area contributed by atoms with Crippen molar-refractivity contribution >= 4 is 11.9 Å². The molecule has 2 rings (SSSR count). The Morgan fingerprint density at radius 2 is 2.12 bits per heavy atom. The molecule has 0 spiro atoms. The summed E-state index contributed by atoms with van der Waals surface area (Å²) in [6.45, 7) is 1.65. The van der Waals surface area contributed by atoms with Crippen LogP contribution in [0, 0.1) is 0 Å². The van der Waals surface area contributed by atoms with Crippen LogP contribution < -0.4 is 11.1 Å². The topological polar surface area (TPSA) is 81.2 Å².